The molecule has 0 aliphatic rings. The summed E-state index contributed by atoms with van der Waals surface area (Å²) < 4.78 is 0. The summed E-state index contributed by atoms with van der Waals surface area (Å²) in [6.07, 6.45) is 0. The molecule has 0 atom stereocenters. The Bertz CT molecular complexity index is 741. The lowest BCUT2D eigenvalue weighted by Crippen LogP contribution is -2.34. The summed E-state index contributed by atoms with van der Waals surface area (Å²) in [7, 11) is 0. The lowest BCUT2D eigenvalue weighted by atomic mass is 10.2. The van der Waals surface area contributed by atoms with Gasteiger partial charge >= 0.3 is 6.03 Å². The fraction of sp³-hybridized carbons (Fsp3) is 0.222. The zero-order valence-corrected chi connectivity index (χ0v) is 15.4. The van der Waals surface area contributed by atoms with Gasteiger partial charge in [0, 0.05) is 33.9 Å². The van der Waals surface area contributed by atoms with Crippen LogP contribution in [0.2, 0.25) is 10.0 Å². The van der Waals surface area contributed by atoms with E-state index in [0.717, 1.165) is 5.56 Å². The van der Waals surface area contributed by atoms with Gasteiger partial charge in [-0.3, -0.25) is 4.79 Å². The van der Waals surface area contributed by atoms with E-state index in [0.29, 0.717) is 27.8 Å². The van der Waals surface area contributed by atoms with Gasteiger partial charge in [-0.2, -0.15) is 0 Å². The lowest BCUT2D eigenvalue weighted by Gasteiger charge is -2.11. The summed E-state index contributed by atoms with van der Waals surface area (Å²) in [5, 5.41) is 9.10. The SMILES string of the molecule is CC(C)NC(=O)Nc1ccc(CNC(=O)c2cc(Cl)cc(Cl)c2)cc1. The van der Waals surface area contributed by atoms with Gasteiger partial charge in [-0.15, -0.1) is 0 Å². The Hall–Kier alpha value is -2.24. The second-order valence-corrected chi connectivity index (χ2v) is 6.66. The average molecular weight is 380 g/mol. The molecule has 0 bridgehead atoms. The largest absolute Gasteiger partial charge is 0.348 e. The predicted molar refractivity (Wildman–Crippen MR) is 101 cm³/mol. The Morgan fingerprint density at radius 2 is 1.60 bits per heavy atom. The number of carbonyl (C=O) groups excluding carboxylic acids is 2. The molecule has 3 N–H and O–H groups in total. The fourth-order valence-corrected chi connectivity index (χ4v) is 2.63. The van der Waals surface area contributed by atoms with Crippen LogP contribution in [0.25, 0.3) is 0 Å². The number of halogens is 2. The summed E-state index contributed by atoms with van der Waals surface area (Å²) in [6.45, 7) is 4.12. The molecule has 0 fully saturated rings. The highest BCUT2D eigenvalue weighted by molar-refractivity contribution is 6.35. The van der Waals surface area contributed by atoms with Crippen molar-refractivity contribution in [3.8, 4) is 0 Å². The van der Waals surface area contributed by atoms with Crippen LogP contribution in [-0.4, -0.2) is 18.0 Å². The van der Waals surface area contributed by atoms with E-state index >= 15 is 0 Å². The van der Waals surface area contributed by atoms with Crippen molar-refractivity contribution in [3.63, 3.8) is 0 Å². The molecule has 132 valence electrons. The summed E-state index contributed by atoms with van der Waals surface area (Å²) in [4.78, 5) is 23.8. The quantitative estimate of drug-likeness (QED) is 0.717. The molecule has 7 heteroatoms. The van der Waals surface area contributed by atoms with Gasteiger partial charge in [0.25, 0.3) is 5.91 Å². The molecule has 3 amide bonds. The van der Waals surface area contributed by atoms with Crippen LogP contribution in [-0.2, 0) is 6.54 Å². The van der Waals surface area contributed by atoms with E-state index in [2.05, 4.69) is 16.0 Å². The van der Waals surface area contributed by atoms with E-state index in [4.69, 9.17) is 23.2 Å². The fourth-order valence-electron chi connectivity index (χ4n) is 2.10. The highest BCUT2D eigenvalue weighted by atomic mass is 35.5. The number of anilines is 1. The summed E-state index contributed by atoms with van der Waals surface area (Å²) in [5.41, 5.74) is 1.98. The molecule has 0 aromatic heterocycles. The molecular weight excluding hydrogens is 361 g/mol. The maximum absolute atomic E-state index is 12.1. The molecule has 0 radical (unpaired) electrons. The van der Waals surface area contributed by atoms with Gasteiger partial charge in [0.1, 0.15) is 0 Å². The third-order valence-corrected chi connectivity index (χ3v) is 3.65. The van der Waals surface area contributed by atoms with E-state index in [9.17, 15) is 9.59 Å². The maximum atomic E-state index is 12.1. The van der Waals surface area contributed by atoms with Crippen molar-refractivity contribution >= 4 is 40.8 Å². The average Bonchev–Trinajstić information content (AvgIpc) is 2.52. The Balaban J connectivity index is 1.90. The first kappa shape index (κ1) is 19.1. The van der Waals surface area contributed by atoms with E-state index in [1.807, 2.05) is 26.0 Å². The maximum Gasteiger partial charge on any atom is 0.319 e. The first-order valence-electron chi connectivity index (χ1n) is 7.74. The van der Waals surface area contributed by atoms with Crippen LogP contribution in [0.4, 0.5) is 10.5 Å². The normalized spacial score (nSPS) is 10.4. The second-order valence-electron chi connectivity index (χ2n) is 5.79. The van der Waals surface area contributed by atoms with Crippen LogP contribution in [0.15, 0.2) is 42.5 Å². The lowest BCUT2D eigenvalue weighted by molar-refractivity contribution is 0.0951. The number of carbonyl (C=O) groups is 2. The zero-order valence-electron chi connectivity index (χ0n) is 13.9. The summed E-state index contributed by atoms with van der Waals surface area (Å²) in [6, 6.07) is 11.7. The van der Waals surface area contributed by atoms with Crippen LogP contribution >= 0.6 is 23.2 Å². The van der Waals surface area contributed by atoms with Crippen molar-refractivity contribution in [2.24, 2.45) is 0 Å². The number of benzene rings is 2. The number of hydrogen-bond acceptors (Lipinski definition) is 2. The topological polar surface area (TPSA) is 70.2 Å². The highest BCUT2D eigenvalue weighted by Gasteiger charge is 2.08. The zero-order chi connectivity index (χ0) is 18.4. The Morgan fingerprint density at radius 3 is 2.16 bits per heavy atom. The molecule has 0 spiro atoms. The second kappa shape index (κ2) is 8.74. The molecule has 0 aliphatic carbocycles. The molecule has 2 rings (SSSR count). The van der Waals surface area contributed by atoms with Crippen molar-refractivity contribution in [2.45, 2.75) is 26.4 Å². The van der Waals surface area contributed by atoms with Crippen LogP contribution < -0.4 is 16.0 Å². The molecule has 25 heavy (non-hydrogen) atoms. The third-order valence-electron chi connectivity index (χ3n) is 3.21. The minimum Gasteiger partial charge on any atom is -0.348 e. The van der Waals surface area contributed by atoms with E-state index in [1.54, 1.807) is 30.3 Å². The molecule has 2 aromatic carbocycles. The van der Waals surface area contributed by atoms with Gasteiger partial charge in [-0.25, -0.2) is 4.79 Å². The minimum absolute atomic E-state index is 0.0643. The minimum atomic E-state index is -0.261. The Labute approximate surface area is 156 Å². The number of hydrogen-bond donors (Lipinski definition) is 3. The van der Waals surface area contributed by atoms with Crippen LogP contribution in [0.3, 0.4) is 0 Å². The van der Waals surface area contributed by atoms with Crippen molar-refractivity contribution in [1.29, 1.82) is 0 Å². The van der Waals surface area contributed by atoms with Crippen molar-refractivity contribution < 1.29 is 9.59 Å². The van der Waals surface area contributed by atoms with Gasteiger partial charge in [0.15, 0.2) is 0 Å². The molecule has 0 saturated heterocycles. The monoisotopic (exact) mass is 379 g/mol. The molecular formula is C18H19Cl2N3O2. The first-order valence-corrected chi connectivity index (χ1v) is 8.50. The van der Waals surface area contributed by atoms with Crippen molar-refractivity contribution in [1.82, 2.24) is 10.6 Å². The molecule has 0 saturated carbocycles. The van der Waals surface area contributed by atoms with Crippen molar-refractivity contribution in [3.05, 3.63) is 63.6 Å². The molecule has 0 heterocycles. The van der Waals surface area contributed by atoms with Gasteiger partial charge in [0.2, 0.25) is 0 Å². The molecule has 2 aromatic rings. The predicted octanol–water partition coefficient (Wildman–Crippen LogP) is 4.45. The van der Waals surface area contributed by atoms with E-state index < -0.39 is 0 Å². The van der Waals surface area contributed by atoms with Crippen LogP contribution in [0.1, 0.15) is 29.8 Å². The van der Waals surface area contributed by atoms with Gasteiger partial charge < -0.3 is 16.0 Å². The summed E-state index contributed by atoms with van der Waals surface area (Å²) >= 11 is 11.8. The van der Waals surface area contributed by atoms with Gasteiger partial charge in [-0.1, -0.05) is 35.3 Å². The van der Waals surface area contributed by atoms with Crippen LogP contribution in [0, 0.1) is 0 Å². The summed E-state index contributed by atoms with van der Waals surface area (Å²) in [5.74, 6) is -0.261. The smallest absolute Gasteiger partial charge is 0.319 e. The standard InChI is InChI=1S/C18H19Cl2N3O2/c1-11(2)22-18(25)23-16-5-3-12(4-6-16)10-21-17(24)13-7-14(19)9-15(20)8-13/h3-9,11H,10H2,1-2H3,(H,21,24)(H2,22,23,25). The molecule has 5 nitrogen and oxygen atoms in total. The third kappa shape index (κ3) is 6.29. The number of nitrogens with one attached hydrogen (secondary N) is 3. The van der Waals surface area contributed by atoms with Gasteiger partial charge in [0.05, 0.1) is 0 Å². The molecule has 0 unspecified atom stereocenters. The van der Waals surface area contributed by atoms with Crippen LogP contribution in [0.5, 0.6) is 0 Å². The Kier molecular flexibility index (Phi) is 6.67. The molecule has 0 aliphatic heterocycles. The number of amides is 3. The van der Waals surface area contributed by atoms with E-state index in [-0.39, 0.29) is 18.0 Å². The first-order chi connectivity index (χ1) is 11.8. The van der Waals surface area contributed by atoms with Gasteiger partial charge in [-0.05, 0) is 49.7 Å². The number of rotatable bonds is 5. The Morgan fingerprint density at radius 1 is 1.00 bits per heavy atom. The van der Waals surface area contributed by atoms with E-state index in [1.165, 1.54) is 0 Å². The van der Waals surface area contributed by atoms with Crippen molar-refractivity contribution in [2.75, 3.05) is 5.32 Å². The number of urea groups is 1. The highest BCUT2D eigenvalue weighted by Crippen LogP contribution is 2.19.